The molecular weight excluding hydrogens is 240 g/mol. The highest BCUT2D eigenvalue weighted by Crippen LogP contribution is 2.35. The molecule has 1 aromatic rings. The van der Waals surface area contributed by atoms with Gasteiger partial charge < -0.3 is 15.5 Å². The van der Waals surface area contributed by atoms with E-state index in [0.717, 1.165) is 17.5 Å². The van der Waals surface area contributed by atoms with Crippen molar-refractivity contribution in [1.29, 1.82) is 5.26 Å². The van der Waals surface area contributed by atoms with Crippen LogP contribution >= 0.6 is 0 Å². The largest absolute Gasteiger partial charge is 0.507 e. The molecule has 0 aromatic heterocycles. The maximum Gasteiger partial charge on any atom is 0.133 e. The average Bonchev–Trinajstić information content (AvgIpc) is 2.31. The first kappa shape index (κ1) is 13.9. The Kier molecular flexibility index (Phi) is 3.53. The van der Waals surface area contributed by atoms with Crippen molar-refractivity contribution < 1.29 is 10.2 Å². The molecule has 0 saturated heterocycles. The maximum atomic E-state index is 10.4. The molecule has 2 rings (SSSR count). The van der Waals surface area contributed by atoms with Gasteiger partial charge in [0, 0.05) is 11.6 Å². The lowest BCUT2D eigenvalue weighted by Gasteiger charge is -2.36. The van der Waals surface area contributed by atoms with E-state index in [-0.39, 0.29) is 17.3 Å². The molecule has 1 aromatic carbocycles. The molecular formula is C15H20N2O2. The van der Waals surface area contributed by atoms with Gasteiger partial charge in [0.15, 0.2) is 0 Å². The standard InChI is InChI=1S/C15H20N2O2/c1-15(2,3)17-12-6-4-9-10(14(12)19)5-7-13(18)11(9)8-16/h5,7,12,14,17-19H,4,6H2,1-3H3/t12-,14-/m1/s1. The second-order valence-corrected chi connectivity index (χ2v) is 6.12. The molecule has 0 unspecified atom stereocenters. The van der Waals surface area contributed by atoms with E-state index in [1.165, 1.54) is 6.07 Å². The Morgan fingerprint density at radius 3 is 2.63 bits per heavy atom. The van der Waals surface area contributed by atoms with E-state index in [9.17, 15) is 10.2 Å². The quantitative estimate of drug-likeness (QED) is 0.722. The minimum Gasteiger partial charge on any atom is -0.507 e. The Labute approximate surface area is 113 Å². The summed E-state index contributed by atoms with van der Waals surface area (Å²) in [5, 5.41) is 32.6. The van der Waals surface area contributed by atoms with Crippen LogP contribution in [0.15, 0.2) is 12.1 Å². The first-order valence-electron chi connectivity index (χ1n) is 6.54. The summed E-state index contributed by atoms with van der Waals surface area (Å²) in [6, 6.07) is 5.20. The van der Waals surface area contributed by atoms with Gasteiger partial charge in [-0.3, -0.25) is 0 Å². The number of phenolic OH excluding ortho intramolecular Hbond substituents is 1. The molecule has 1 aliphatic rings. The molecule has 0 fully saturated rings. The molecule has 4 nitrogen and oxygen atoms in total. The van der Waals surface area contributed by atoms with E-state index in [4.69, 9.17) is 5.26 Å². The van der Waals surface area contributed by atoms with Gasteiger partial charge in [0.05, 0.1) is 11.7 Å². The molecule has 0 amide bonds. The molecule has 102 valence electrons. The van der Waals surface area contributed by atoms with Crippen LogP contribution in [-0.4, -0.2) is 21.8 Å². The normalized spacial score (nSPS) is 22.7. The van der Waals surface area contributed by atoms with E-state index in [1.807, 2.05) is 6.07 Å². The van der Waals surface area contributed by atoms with Crippen molar-refractivity contribution in [3.8, 4) is 11.8 Å². The number of nitrogens with one attached hydrogen (secondary N) is 1. The minimum atomic E-state index is -0.643. The summed E-state index contributed by atoms with van der Waals surface area (Å²) in [5.41, 5.74) is 1.76. The van der Waals surface area contributed by atoms with Crippen LogP contribution in [0.4, 0.5) is 0 Å². The van der Waals surface area contributed by atoms with Gasteiger partial charge in [0.25, 0.3) is 0 Å². The summed E-state index contributed by atoms with van der Waals surface area (Å²) in [5.74, 6) is -0.00400. The molecule has 4 heteroatoms. The second kappa shape index (κ2) is 4.84. The number of nitrogens with zero attached hydrogens (tertiary/aromatic N) is 1. The Bertz CT molecular complexity index is 526. The third kappa shape index (κ3) is 2.73. The van der Waals surface area contributed by atoms with Crippen LogP contribution in [0.3, 0.4) is 0 Å². The molecule has 0 radical (unpaired) electrons. The lowest BCUT2D eigenvalue weighted by Crippen LogP contribution is -2.48. The number of hydrogen-bond donors (Lipinski definition) is 3. The molecule has 0 spiro atoms. The topological polar surface area (TPSA) is 76.3 Å². The zero-order valence-corrected chi connectivity index (χ0v) is 11.6. The monoisotopic (exact) mass is 260 g/mol. The number of nitriles is 1. The van der Waals surface area contributed by atoms with Crippen LogP contribution in [0.25, 0.3) is 0 Å². The van der Waals surface area contributed by atoms with E-state index in [1.54, 1.807) is 6.07 Å². The molecule has 0 aliphatic heterocycles. The summed E-state index contributed by atoms with van der Waals surface area (Å²) in [6.45, 7) is 6.19. The number of phenols is 1. The highest BCUT2D eigenvalue weighted by atomic mass is 16.3. The number of hydrogen-bond acceptors (Lipinski definition) is 4. The summed E-state index contributed by atoms with van der Waals surface area (Å²) in [7, 11) is 0. The van der Waals surface area contributed by atoms with E-state index >= 15 is 0 Å². The van der Waals surface area contributed by atoms with Crippen molar-refractivity contribution in [1.82, 2.24) is 5.32 Å². The fraction of sp³-hybridized carbons (Fsp3) is 0.533. The first-order chi connectivity index (χ1) is 8.83. The third-order valence-electron chi connectivity index (χ3n) is 3.46. The molecule has 0 heterocycles. The van der Waals surface area contributed by atoms with Crippen LogP contribution in [0.2, 0.25) is 0 Å². The summed E-state index contributed by atoms with van der Waals surface area (Å²) >= 11 is 0. The smallest absolute Gasteiger partial charge is 0.133 e. The highest BCUT2D eigenvalue weighted by Gasteiger charge is 2.32. The van der Waals surface area contributed by atoms with Gasteiger partial charge in [-0.25, -0.2) is 0 Å². The number of aliphatic hydroxyl groups excluding tert-OH is 1. The molecule has 0 saturated carbocycles. The first-order valence-corrected chi connectivity index (χ1v) is 6.54. The number of aliphatic hydroxyl groups is 1. The van der Waals surface area contributed by atoms with Crippen LogP contribution in [0, 0.1) is 11.3 Å². The van der Waals surface area contributed by atoms with Crippen LogP contribution in [0.1, 0.15) is 50.0 Å². The van der Waals surface area contributed by atoms with E-state index < -0.39 is 6.10 Å². The van der Waals surface area contributed by atoms with Crippen LogP contribution in [0.5, 0.6) is 5.75 Å². The molecule has 2 atom stereocenters. The summed E-state index contributed by atoms with van der Waals surface area (Å²) in [4.78, 5) is 0. The Balaban J connectivity index is 2.35. The number of fused-ring (bicyclic) bond motifs is 1. The zero-order chi connectivity index (χ0) is 14.2. The number of aromatic hydroxyl groups is 1. The van der Waals surface area contributed by atoms with Crippen molar-refractivity contribution in [3.05, 3.63) is 28.8 Å². The minimum absolute atomic E-state index is 0.00400. The van der Waals surface area contributed by atoms with Crippen LogP contribution < -0.4 is 5.32 Å². The van der Waals surface area contributed by atoms with Gasteiger partial charge in [-0.2, -0.15) is 5.26 Å². The van der Waals surface area contributed by atoms with Crippen molar-refractivity contribution in [2.24, 2.45) is 0 Å². The van der Waals surface area contributed by atoms with Gasteiger partial charge in [-0.1, -0.05) is 6.07 Å². The van der Waals surface area contributed by atoms with Gasteiger partial charge in [0.2, 0.25) is 0 Å². The lowest BCUT2D eigenvalue weighted by molar-refractivity contribution is 0.0999. The zero-order valence-electron chi connectivity index (χ0n) is 11.6. The van der Waals surface area contributed by atoms with Gasteiger partial charge in [-0.15, -0.1) is 0 Å². The summed E-state index contributed by atoms with van der Waals surface area (Å²) in [6.07, 6.45) is 0.803. The Morgan fingerprint density at radius 1 is 1.37 bits per heavy atom. The number of benzene rings is 1. The predicted octanol–water partition coefficient (Wildman–Crippen LogP) is 2.00. The van der Waals surface area contributed by atoms with Crippen molar-refractivity contribution in [2.75, 3.05) is 0 Å². The van der Waals surface area contributed by atoms with Gasteiger partial charge in [-0.05, 0) is 50.8 Å². The molecule has 1 aliphatic carbocycles. The van der Waals surface area contributed by atoms with E-state index in [0.29, 0.717) is 12.0 Å². The molecule has 0 bridgehead atoms. The van der Waals surface area contributed by atoms with Gasteiger partial charge >= 0.3 is 0 Å². The van der Waals surface area contributed by atoms with E-state index in [2.05, 4.69) is 26.1 Å². The Hall–Kier alpha value is -1.57. The van der Waals surface area contributed by atoms with Crippen molar-refractivity contribution in [3.63, 3.8) is 0 Å². The van der Waals surface area contributed by atoms with Gasteiger partial charge in [0.1, 0.15) is 11.8 Å². The third-order valence-corrected chi connectivity index (χ3v) is 3.46. The van der Waals surface area contributed by atoms with Crippen LogP contribution in [-0.2, 0) is 6.42 Å². The predicted molar refractivity (Wildman–Crippen MR) is 72.8 cm³/mol. The second-order valence-electron chi connectivity index (χ2n) is 6.12. The molecule has 19 heavy (non-hydrogen) atoms. The fourth-order valence-corrected chi connectivity index (χ4v) is 2.70. The average molecular weight is 260 g/mol. The number of rotatable bonds is 1. The van der Waals surface area contributed by atoms with Crippen molar-refractivity contribution in [2.45, 2.75) is 51.3 Å². The Morgan fingerprint density at radius 2 is 2.05 bits per heavy atom. The lowest BCUT2D eigenvalue weighted by atomic mass is 9.82. The molecule has 3 N–H and O–H groups in total. The maximum absolute atomic E-state index is 10.4. The highest BCUT2D eigenvalue weighted by molar-refractivity contribution is 5.53. The SMILES string of the molecule is CC(C)(C)N[C@@H]1CCc2c(ccc(O)c2C#N)[C@H]1O. The fourth-order valence-electron chi connectivity index (χ4n) is 2.70. The summed E-state index contributed by atoms with van der Waals surface area (Å²) < 4.78 is 0. The van der Waals surface area contributed by atoms with Crippen molar-refractivity contribution >= 4 is 0 Å².